The maximum atomic E-state index is 4.80. The molecule has 0 aromatic carbocycles. The number of hydrogen-bond donors (Lipinski definition) is 5. The molecule has 0 radical (unpaired) electrons. The fraction of sp³-hybridized carbons (Fsp3) is 1.00. The third kappa shape index (κ3) is 12.3. The Morgan fingerprint density at radius 2 is 0.818 bits per heavy atom. The fourth-order valence-corrected chi connectivity index (χ4v) is 2.21. The van der Waals surface area contributed by atoms with Crippen molar-refractivity contribution in [3.63, 3.8) is 0 Å². The molecule has 1 fully saturated rings. The zero-order chi connectivity index (χ0) is 16.8. The molecule has 22 heavy (non-hydrogen) atoms. The van der Waals surface area contributed by atoms with Gasteiger partial charge in [0.05, 0.1) is 0 Å². The van der Waals surface area contributed by atoms with E-state index < -0.39 is 0 Å². The van der Waals surface area contributed by atoms with E-state index in [9.17, 15) is 0 Å². The van der Waals surface area contributed by atoms with Gasteiger partial charge in [-0.3, -0.25) is 0 Å². The van der Waals surface area contributed by atoms with E-state index >= 15 is 0 Å². The summed E-state index contributed by atoms with van der Waals surface area (Å²) in [5, 5.41) is 17.7. The van der Waals surface area contributed by atoms with E-state index in [1.807, 2.05) is 0 Å². The van der Waals surface area contributed by atoms with Crippen LogP contribution in [-0.4, -0.2) is 63.4 Å². The van der Waals surface area contributed by atoms with Crippen molar-refractivity contribution in [3.8, 4) is 0 Å². The van der Waals surface area contributed by atoms with Gasteiger partial charge in [0.25, 0.3) is 0 Å². The Labute approximate surface area is 151 Å². The Bertz CT molecular complexity index is 229. The molecule has 1 rings (SSSR count). The van der Waals surface area contributed by atoms with E-state index in [1.54, 1.807) is 0 Å². The van der Waals surface area contributed by atoms with Gasteiger partial charge >= 0.3 is 33.3 Å². The van der Waals surface area contributed by atoms with Crippen LogP contribution < -0.4 is 26.6 Å². The summed E-state index contributed by atoms with van der Waals surface area (Å²) in [5.74, 6) is 0. The van der Waals surface area contributed by atoms with Crippen molar-refractivity contribution in [3.05, 3.63) is 0 Å². The predicted octanol–water partition coefficient (Wildman–Crippen LogP) is 0.879. The van der Waals surface area contributed by atoms with Crippen molar-refractivity contribution in [2.24, 2.45) is 0 Å². The molecular formula is C14H33Cl2MnN5. The molecule has 0 saturated carbocycles. The zero-order valence-electron chi connectivity index (χ0n) is 14.2. The van der Waals surface area contributed by atoms with E-state index in [4.69, 9.17) is 20.2 Å². The number of nitrogens with one attached hydrogen (secondary N) is 5. The zero-order valence-corrected chi connectivity index (χ0v) is 16.9. The minimum atomic E-state index is 0.00694. The van der Waals surface area contributed by atoms with Crippen LogP contribution in [0.5, 0.6) is 0 Å². The van der Waals surface area contributed by atoms with Crippen LogP contribution in [-0.2, 0) is 13.1 Å². The van der Waals surface area contributed by atoms with Gasteiger partial charge in [0.1, 0.15) is 0 Å². The molecule has 0 unspecified atom stereocenters. The summed E-state index contributed by atoms with van der Waals surface area (Å²) in [4.78, 5) is 0. The van der Waals surface area contributed by atoms with E-state index in [-0.39, 0.29) is 13.1 Å². The summed E-state index contributed by atoms with van der Waals surface area (Å²) in [6.45, 7) is 15.1. The Morgan fingerprint density at radius 3 is 1.09 bits per heavy atom. The van der Waals surface area contributed by atoms with Gasteiger partial charge < -0.3 is 26.6 Å². The Morgan fingerprint density at radius 1 is 0.591 bits per heavy atom. The molecule has 1 aliphatic heterocycles. The average Bonchev–Trinajstić information content (AvgIpc) is 2.49. The summed E-state index contributed by atoms with van der Waals surface area (Å²) in [6.07, 6.45) is 0. The summed E-state index contributed by atoms with van der Waals surface area (Å²) < 4.78 is 0. The van der Waals surface area contributed by atoms with Gasteiger partial charge in [-0.1, -0.05) is 0 Å². The minimum absolute atomic E-state index is 0.00694. The maximum absolute atomic E-state index is 4.80. The predicted molar refractivity (Wildman–Crippen MR) is 94.4 cm³/mol. The fourth-order valence-electron chi connectivity index (χ4n) is 2.21. The second-order valence-corrected chi connectivity index (χ2v) is 7.72. The summed E-state index contributed by atoms with van der Waals surface area (Å²) in [6, 6.07) is 2.00. The molecule has 1 aliphatic rings. The molecule has 0 aliphatic carbocycles. The third-order valence-electron chi connectivity index (χ3n) is 4.09. The molecule has 1 heterocycles. The van der Waals surface area contributed by atoms with Gasteiger partial charge in [-0.2, -0.15) is 0 Å². The van der Waals surface area contributed by atoms with Gasteiger partial charge in [0.15, 0.2) is 0 Å². The first kappa shape index (κ1) is 22.9. The van der Waals surface area contributed by atoms with Crippen LogP contribution >= 0.6 is 20.2 Å². The van der Waals surface area contributed by atoms with Crippen molar-refractivity contribution < 1.29 is 13.1 Å². The van der Waals surface area contributed by atoms with Crippen LogP contribution in [0.1, 0.15) is 27.7 Å². The Balaban J connectivity index is 0.00000135. The molecule has 0 bridgehead atoms. The summed E-state index contributed by atoms with van der Waals surface area (Å²) in [5.41, 5.74) is 0. The van der Waals surface area contributed by atoms with Crippen LogP contribution in [0.4, 0.5) is 0 Å². The topological polar surface area (TPSA) is 60.1 Å². The van der Waals surface area contributed by atoms with Crippen molar-refractivity contribution in [2.45, 2.75) is 51.9 Å². The van der Waals surface area contributed by atoms with Crippen molar-refractivity contribution in [1.82, 2.24) is 26.6 Å². The molecule has 5 N–H and O–H groups in total. The van der Waals surface area contributed by atoms with E-state index in [0.29, 0.717) is 24.2 Å². The van der Waals surface area contributed by atoms with Crippen LogP contribution in [0.3, 0.4) is 0 Å². The van der Waals surface area contributed by atoms with E-state index in [2.05, 4.69) is 54.3 Å². The molecule has 8 heteroatoms. The Hall–Kier alpha value is 0.899. The quantitative estimate of drug-likeness (QED) is 0.393. The molecule has 0 aromatic heterocycles. The number of halogens is 2. The first-order valence-electron chi connectivity index (χ1n) is 8.04. The van der Waals surface area contributed by atoms with Crippen LogP contribution in [0.15, 0.2) is 0 Å². The average molecular weight is 397 g/mol. The van der Waals surface area contributed by atoms with Crippen molar-refractivity contribution >= 4 is 20.2 Å². The first-order chi connectivity index (χ1) is 10.5. The molecule has 0 spiro atoms. The second kappa shape index (κ2) is 15.4. The molecule has 1 saturated heterocycles. The van der Waals surface area contributed by atoms with Crippen LogP contribution in [0.25, 0.3) is 0 Å². The number of rotatable bonds is 0. The van der Waals surface area contributed by atoms with Crippen LogP contribution in [0.2, 0.25) is 0 Å². The van der Waals surface area contributed by atoms with E-state index in [0.717, 1.165) is 39.3 Å². The standard InChI is InChI=1S/C14H33N5.2ClH.Mn/c1-11-13(3)18-9-10-19-14(4)12(2)17-8-6-15-5-7-16-11;;;/h11-19H,5-10H2,1-4H3;2*1H;/q;;;+2/p-2/t11-,12-,13-,14-;;;/m1.../s1. The monoisotopic (exact) mass is 396 g/mol. The summed E-state index contributed by atoms with van der Waals surface area (Å²) in [7, 11) is 9.59. The van der Waals surface area contributed by atoms with Crippen molar-refractivity contribution in [2.75, 3.05) is 39.3 Å². The number of hydrogen-bond acceptors (Lipinski definition) is 5. The first-order valence-corrected chi connectivity index (χ1v) is 11.3. The molecule has 0 aromatic rings. The second-order valence-electron chi connectivity index (χ2n) is 5.78. The SMILES string of the molecule is C[C@H]1NCCNCCN[C@H](C)[C@@H](C)NCCN[C@@H]1C.[Cl][Mn][Cl]. The molecule has 4 atom stereocenters. The van der Waals surface area contributed by atoms with E-state index in [1.165, 1.54) is 0 Å². The summed E-state index contributed by atoms with van der Waals surface area (Å²) >= 11 is 0.00694. The molecular weight excluding hydrogens is 364 g/mol. The molecule has 135 valence electrons. The molecule has 0 amide bonds. The van der Waals surface area contributed by atoms with Crippen molar-refractivity contribution in [1.29, 1.82) is 0 Å². The van der Waals surface area contributed by atoms with Gasteiger partial charge in [-0.25, -0.2) is 0 Å². The van der Waals surface area contributed by atoms with Gasteiger partial charge in [0.2, 0.25) is 0 Å². The Kier molecular flexibility index (Phi) is 16.1. The van der Waals surface area contributed by atoms with Gasteiger partial charge in [-0.05, 0) is 27.7 Å². The van der Waals surface area contributed by atoms with Gasteiger partial charge in [-0.15, -0.1) is 0 Å². The molecule has 5 nitrogen and oxygen atoms in total. The van der Waals surface area contributed by atoms with Crippen LogP contribution in [0, 0.1) is 0 Å². The third-order valence-corrected chi connectivity index (χ3v) is 4.09. The van der Waals surface area contributed by atoms with Gasteiger partial charge in [0, 0.05) is 63.4 Å². The normalized spacial score (nSPS) is 33.0.